The summed E-state index contributed by atoms with van der Waals surface area (Å²) in [6, 6.07) is 5.86. The van der Waals surface area contributed by atoms with Crippen molar-refractivity contribution in [2.24, 2.45) is 28.6 Å². The van der Waals surface area contributed by atoms with Gasteiger partial charge in [0.2, 0.25) is 5.78 Å². The van der Waals surface area contributed by atoms with E-state index in [1.165, 1.54) is 18.2 Å². The molecule has 12 heteroatoms. The zero-order chi connectivity index (χ0) is 31.9. The van der Waals surface area contributed by atoms with Gasteiger partial charge in [-0.2, -0.15) is 0 Å². The van der Waals surface area contributed by atoms with Gasteiger partial charge in [-0.15, -0.1) is 10.1 Å². The molecule has 3 saturated carbocycles. The Kier molecular flexibility index (Phi) is 8.41. The van der Waals surface area contributed by atoms with Crippen molar-refractivity contribution in [2.75, 3.05) is 13.2 Å². The number of allylic oxidation sites excluding steroid dienone is 4. The van der Waals surface area contributed by atoms with Crippen LogP contribution in [0.5, 0.6) is 0 Å². The van der Waals surface area contributed by atoms with Crippen LogP contribution in [-0.4, -0.2) is 58.8 Å². The predicted molar refractivity (Wildman–Crippen MR) is 152 cm³/mol. The maximum Gasteiger partial charge on any atom is 0.509 e. The first-order valence-corrected chi connectivity index (χ1v) is 14.9. The average molecular weight is 612 g/mol. The number of fused-ring (bicyclic) bond motifs is 5. The molecule has 5 rings (SSSR count). The smallest absolute Gasteiger partial charge is 0.454 e. The Bertz CT molecular complexity index is 1430. The fourth-order valence-electron chi connectivity index (χ4n) is 8.53. The maximum atomic E-state index is 14.1. The molecule has 0 aliphatic heterocycles. The van der Waals surface area contributed by atoms with Crippen LogP contribution in [0, 0.1) is 38.7 Å². The lowest BCUT2D eigenvalue weighted by molar-refractivity contribution is -0.763. The van der Waals surface area contributed by atoms with E-state index in [9.17, 15) is 34.4 Å². The molecular formula is C32H37NO11. The number of benzene rings is 1. The van der Waals surface area contributed by atoms with Gasteiger partial charge in [0.25, 0.3) is 5.09 Å². The average Bonchev–Trinajstić information content (AvgIpc) is 3.27. The molecule has 12 nitrogen and oxygen atoms in total. The Balaban J connectivity index is 1.40. The van der Waals surface area contributed by atoms with Gasteiger partial charge in [-0.25, -0.2) is 9.59 Å². The standard InChI is InChI=1S/C32H37NO11/c1-4-41-29(38)44-32(26(36)18-42-28(37)20-7-5-6-19(14-20)17-43-33(39)40)13-11-24-23-9-8-21-15-22(34)10-12-30(21,2)27(23)25(35)16-31(24,32)3/h5-7,10,12,14-15,23-25,27,35H,4,8-9,11,13,16-18H2,1-3H3/t23?,24?,25-,27?,30-,31-,32-/m0/s1. The quantitative estimate of drug-likeness (QED) is 0.240. The highest BCUT2D eigenvalue weighted by Crippen LogP contribution is 2.68. The van der Waals surface area contributed by atoms with E-state index in [0.29, 0.717) is 24.8 Å². The second-order valence-corrected chi connectivity index (χ2v) is 12.6. The highest BCUT2D eigenvalue weighted by atomic mass is 16.9. The summed E-state index contributed by atoms with van der Waals surface area (Å²) in [6.07, 6.45) is 5.49. The molecule has 3 unspecified atom stereocenters. The van der Waals surface area contributed by atoms with Gasteiger partial charge in [-0.05, 0) is 80.7 Å². The zero-order valence-electron chi connectivity index (χ0n) is 25.0. The van der Waals surface area contributed by atoms with Gasteiger partial charge in [-0.3, -0.25) is 9.59 Å². The topological polar surface area (TPSA) is 169 Å². The number of carbonyl (C=O) groups excluding carboxylic acids is 4. The van der Waals surface area contributed by atoms with Gasteiger partial charge < -0.3 is 24.2 Å². The molecule has 236 valence electrons. The van der Waals surface area contributed by atoms with Gasteiger partial charge in [-0.1, -0.05) is 37.6 Å². The second-order valence-electron chi connectivity index (χ2n) is 12.6. The highest BCUT2D eigenvalue weighted by molar-refractivity contribution is 6.01. The number of hydrogen-bond donors (Lipinski definition) is 1. The van der Waals surface area contributed by atoms with Crippen molar-refractivity contribution in [2.45, 2.75) is 71.2 Å². The van der Waals surface area contributed by atoms with Crippen LogP contribution in [0.25, 0.3) is 0 Å². The fourth-order valence-corrected chi connectivity index (χ4v) is 8.53. The summed E-state index contributed by atoms with van der Waals surface area (Å²) in [7, 11) is 0. The molecule has 0 spiro atoms. The summed E-state index contributed by atoms with van der Waals surface area (Å²) >= 11 is 0. The number of aliphatic hydroxyl groups is 1. The first kappa shape index (κ1) is 31.4. The molecule has 3 fully saturated rings. The first-order valence-electron chi connectivity index (χ1n) is 14.9. The molecule has 0 heterocycles. The van der Waals surface area contributed by atoms with Crippen molar-refractivity contribution < 1.29 is 48.4 Å². The molecule has 0 aromatic heterocycles. The number of Topliss-reactive ketones (excluding diaryl/α,β-unsaturated/α-hetero) is 1. The predicted octanol–water partition coefficient (Wildman–Crippen LogP) is 4.31. The third-order valence-electron chi connectivity index (χ3n) is 10.4. The minimum Gasteiger partial charge on any atom is -0.454 e. The summed E-state index contributed by atoms with van der Waals surface area (Å²) in [6.45, 7) is 4.49. The molecule has 4 aliphatic rings. The SMILES string of the molecule is CCOC(=O)O[C@]1(C(=O)COC(=O)c2cccc(CO[N+](=O)[O-])c2)CCC2C3CCC4=CC(=O)C=C[C@]4(C)C3[C@@H](O)C[C@@]21C. The fraction of sp³-hybridized carbons (Fsp3) is 0.562. The molecule has 0 bridgehead atoms. The number of rotatable bonds is 9. The lowest BCUT2D eigenvalue weighted by Gasteiger charge is -2.59. The van der Waals surface area contributed by atoms with Crippen LogP contribution in [0.15, 0.2) is 48.1 Å². The molecular weight excluding hydrogens is 574 g/mol. The molecule has 0 saturated heterocycles. The van der Waals surface area contributed by atoms with E-state index in [2.05, 4.69) is 4.84 Å². The molecule has 1 N–H and O–H groups in total. The molecule has 44 heavy (non-hydrogen) atoms. The minimum atomic E-state index is -1.72. The minimum absolute atomic E-state index is 0.0177. The van der Waals surface area contributed by atoms with Gasteiger partial charge in [0.1, 0.15) is 6.61 Å². The lowest BCUT2D eigenvalue weighted by Crippen LogP contribution is -2.63. The normalized spacial score (nSPS) is 33.6. The Hall–Kier alpha value is -4.06. The molecule has 1 aromatic carbocycles. The largest absolute Gasteiger partial charge is 0.509 e. The third-order valence-corrected chi connectivity index (χ3v) is 10.4. The van der Waals surface area contributed by atoms with Crippen LogP contribution in [0.3, 0.4) is 0 Å². The van der Waals surface area contributed by atoms with E-state index in [1.807, 2.05) is 19.9 Å². The van der Waals surface area contributed by atoms with Crippen molar-refractivity contribution in [1.29, 1.82) is 0 Å². The van der Waals surface area contributed by atoms with E-state index >= 15 is 0 Å². The van der Waals surface area contributed by atoms with Crippen LogP contribution in [-0.2, 0) is 35.2 Å². The lowest BCUT2D eigenvalue weighted by atomic mass is 9.46. The van der Waals surface area contributed by atoms with E-state index < -0.39 is 52.1 Å². The van der Waals surface area contributed by atoms with Crippen molar-refractivity contribution in [1.82, 2.24) is 0 Å². The summed E-state index contributed by atoms with van der Waals surface area (Å²) in [5, 5.41) is 21.3. The number of aliphatic hydroxyl groups excluding tert-OH is 1. The Morgan fingerprint density at radius 3 is 2.66 bits per heavy atom. The van der Waals surface area contributed by atoms with E-state index in [-0.39, 0.29) is 55.2 Å². The first-order chi connectivity index (χ1) is 20.8. The van der Waals surface area contributed by atoms with Crippen LogP contribution in [0.1, 0.15) is 68.8 Å². The molecule has 7 atom stereocenters. The number of hydrogen-bond acceptors (Lipinski definition) is 11. The number of ether oxygens (including phenoxy) is 3. The van der Waals surface area contributed by atoms with Gasteiger partial charge in [0.05, 0.1) is 18.3 Å². The Morgan fingerprint density at radius 1 is 1.16 bits per heavy atom. The Labute approximate surface area is 254 Å². The van der Waals surface area contributed by atoms with Gasteiger partial charge in [0.15, 0.2) is 18.0 Å². The molecule has 4 aliphatic carbocycles. The summed E-state index contributed by atoms with van der Waals surface area (Å²) in [5.41, 5.74) is -1.80. The summed E-state index contributed by atoms with van der Waals surface area (Å²) in [5.74, 6) is -1.83. The number of ketones is 2. The van der Waals surface area contributed by atoms with Crippen LogP contribution in [0.4, 0.5) is 4.79 Å². The van der Waals surface area contributed by atoms with Gasteiger partial charge >= 0.3 is 12.1 Å². The van der Waals surface area contributed by atoms with E-state index in [0.717, 1.165) is 5.57 Å². The third kappa shape index (κ3) is 5.29. The number of esters is 1. The monoisotopic (exact) mass is 611 g/mol. The number of nitrogens with zero attached hydrogens (tertiary/aromatic N) is 1. The van der Waals surface area contributed by atoms with Crippen LogP contribution < -0.4 is 0 Å². The van der Waals surface area contributed by atoms with Crippen molar-refractivity contribution in [3.05, 3.63) is 69.3 Å². The van der Waals surface area contributed by atoms with Crippen molar-refractivity contribution in [3.63, 3.8) is 0 Å². The highest BCUT2D eigenvalue weighted by Gasteiger charge is 2.70. The second kappa shape index (κ2) is 11.8. The molecule has 0 amide bonds. The maximum absolute atomic E-state index is 14.1. The zero-order valence-corrected chi connectivity index (χ0v) is 25.0. The van der Waals surface area contributed by atoms with E-state index in [1.54, 1.807) is 25.1 Å². The Morgan fingerprint density at radius 2 is 1.93 bits per heavy atom. The van der Waals surface area contributed by atoms with E-state index in [4.69, 9.17) is 14.2 Å². The van der Waals surface area contributed by atoms with Crippen LogP contribution >= 0.6 is 0 Å². The van der Waals surface area contributed by atoms with Gasteiger partial charge in [0, 0.05) is 16.7 Å². The number of carbonyl (C=O) groups is 4. The van der Waals surface area contributed by atoms with Crippen molar-refractivity contribution >= 4 is 23.7 Å². The van der Waals surface area contributed by atoms with Crippen LogP contribution in [0.2, 0.25) is 0 Å². The molecule has 1 aromatic rings. The summed E-state index contributed by atoms with van der Waals surface area (Å²) < 4.78 is 16.4. The molecule has 0 radical (unpaired) electrons. The van der Waals surface area contributed by atoms with Crippen molar-refractivity contribution in [3.8, 4) is 0 Å². The summed E-state index contributed by atoms with van der Waals surface area (Å²) in [4.78, 5) is 66.8.